The third-order valence-corrected chi connectivity index (χ3v) is 4.75. The Morgan fingerprint density at radius 2 is 1.70 bits per heavy atom. The van der Waals surface area contributed by atoms with Crippen molar-refractivity contribution in [1.82, 2.24) is 4.98 Å². The standard InChI is InChI=1S/C24H17F2NO3/c1-29-22-10-9-17(24-27-11-12-30-24)14-18(22)16-7-5-15(6-8-16)13-21(28)23-19(25)3-2-4-20(23)26/h2-12,14H,13H2,1H3. The van der Waals surface area contributed by atoms with E-state index >= 15 is 0 Å². The predicted octanol–water partition coefficient (Wildman–Crippen LogP) is 5.72. The molecule has 0 atom stereocenters. The van der Waals surface area contributed by atoms with E-state index in [0.29, 0.717) is 17.2 Å². The van der Waals surface area contributed by atoms with Gasteiger partial charge in [0.05, 0.1) is 18.9 Å². The summed E-state index contributed by atoms with van der Waals surface area (Å²) >= 11 is 0. The number of methoxy groups -OCH3 is 1. The summed E-state index contributed by atoms with van der Waals surface area (Å²) in [5, 5.41) is 0. The first kappa shape index (κ1) is 19.5. The summed E-state index contributed by atoms with van der Waals surface area (Å²) in [6.07, 6.45) is 2.97. The van der Waals surface area contributed by atoms with Crippen LogP contribution in [0, 0.1) is 11.6 Å². The molecule has 0 saturated carbocycles. The van der Waals surface area contributed by atoms with E-state index in [1.807, 2.05) is 30.3 Å². The lowest BCUT2D eigenvalue weighted by molar-refractivity contribution is 0.0985. The number of carbonyl (C=O) groups is 1. The molecule has 0 aliphatic rings. The van der Waals surface area contributed by atoms with Gasteiger partial charge in [-0.2, -0.15) is 0 Å². The molecule has 0 fully saturated rings. The molecule has 4 nitrogen and oxygen atoms in total. The van der Waals surface area contributed by atoms with Crippen molar-refractivity contribution < 1.29 is 22.7 Å². The second kappa shape index (κ2) is 8.29. The molecule has 1 heterocycles. The number of hydrogen-bond acceptors (Lipinski definition) is 4. The van der Waals surface area contributed by atoms with Gasteiger partial charge in [0.1, 0.15) is 23.6 Å². The minimum Gasteiger partial charge on any atom is -0.496 e. The number of halogens is 2. The van der Waals surface area contributed by atoms with Crippen molar-refractivity contribution in [3.63, 3.8) is 0 Å². The number of Topliss-reactive ketones (excluding diaryl/α,β-unsaturated/α-hetero) is 1. The molecule has 0 saturated heterocycles. The molecular formula is C24H17F2NO3. The second-order valence-electron chi connectivity index (χ2n) is 6.65. The topological polar surface area (TPSA) is 52.3 Å². The van der Waals surface area contributed by atoms with Gasteiger partial charge in [0, 0.05) is 17.5 Å². The Kier molecular flexibility index (Phi) is 5.39. The highest BCUT2D eigenvalue weighted by molar-refractivity contribution is 5.98. The number of aromatic nitrogens is 1. The first-order valence-corrected chi connectivity index (χ1v) is 9.21. The fourth-order valence-corrected chi connectivity index (χ4v) is 3.27. The maximum Gasteiger partial charge on any atom is 0.225 e. The van der Waals surface area contributed by atoms with Crippen molar-refractivity contribution in [3.8, 4) is 28.3 Å². The summed E-state index contributed by atoms with van der Waals surface area (Å²) in [5.41, 5.74) is 2.61. The molecule has 0 spiro atoms. The molecule has 6 heteroatoms. The Morgan fingerprint density at radius 1 is 1.00 bits per heavy atom. The number of ether oxygens (including phenoxy) is 1. The predicted molar refractivity (Wildman–Crippen MR) is 108 cm³/mol. The first-order chi connectivity index (χ1) is 14.6. The lowest BCUT2D eigenvalue weighted by Crippen LogP contribution is -2.09. The molecule has 30 heavy (non-hydrogen) atoms. The largest absolute Gasteiger partial charge is 0.496 e. The van der Waals surface area contributed by atoms with Crippen LogP contribution in [0.4, 0.5) is 8.78 Å². The summed E-state index contributed by atoms with van der Waals surface area (Å²) in [6, 6.07) is 16.1. The zero-order valence-electron chi connectivity index (χ0n) is 16.1. The minimum atomic E-state index is -0.857. The van der Waals surface area contributed by atoms with Gasteiger partial charge >= 0.3 is 0 Å². The van der Waals surface area contributed by atoms with E-state index in [0.717, 1.165) is 28.8 Å². The third kappa shape index (κ3) is 3.85. The molecule has 150 valence electrons. The van der Waals surface area contributed by atoms with E-state index in [-0.39, 0.29) is 6.42 Å². The molecule has 0 bridgehead atoms. The van der Waals surface area contributed by atoms with Gasteiger partial charge in [0.15, 0.2) is 5.78 Å². The number of oxazole rings is 1. The van der Waals surface area contributed by atoms with Crippen LogP contribution >= 0.6 is 0 Å². The van der Waals surface area contributed by atoms with E-state index in [9.17, 15) is 13.6 Å². The smallest absolute Gasteiger partial charge is 0.225 e. The van der Waals surface area contributed by atoms with Crippen molar-refractivity contribution in [2.75, 3.05) is 7.11 Å². The molecule has 4 rings (SSSR count). The zero-order chi connectivity index (χ0) is 21.1. The lowest BCUT2D eigenvalue weighted by atomic mass is 9.97. The summed E-state index contributed by atoms with van der Waals surface area (Å²) in [5.74, 6) is -1.16. The molecule has 0 N–H and O–H groups in total. The second-order valence-corrected chi connectivity index (χ2v) is 6.65. The molecular weight excluding hydrogens is 388 g/mol. The van der Waals surface area contributed by atoms with Crippen molar-refractivity contribution >= 4 is 5.78 Å². The van der Waals surface area contributed by atoms with Gasteiger partial charge in [0.25, 0.3) is 0 Å². The monoisotopic (exact) mass is 405 g/mol. The number of hydrogen-bond donors (Lipinski definition) is 0. The number of nitrogens with zero attached hydrogens (tertiary/aromatic N) is 1. The lowest BCUT2D eigenvalue weighted by Gasteiger charge is -2.11. The van der Waals surface area contributed by atoms with Crippen LogP contribution in [-0.2, 0) is 6.42 Å². The van der Waals surface area contributed by atoms with Crippen LogP contribution in [0.25, 0.3) is 22.6 Å². The molecule has 1 aromatic heterocycles. The Labute approximate surface area is 171 Å². The number of carbonyl (C=O) groups excluding carboxylic acids is 1. The Morgan fingerprint density at radius 3 is 2.33 bits per heavy atom. The average Bonchev–Trinajstić information content (AvgIpc) is 3.29. The summed E-state index contributed by atoms with van der Waals surface area (Å²) in [6.45, 7) is 0. The van der Waals surface area contributed by atoms with Gasteiger partial charge < -0.3 is 9.15 Å². The minimum absolute atomic E-state index is 0.106. The number of ketones is 1. The van der Waals surface area contributed by atoms with Crippen LogP contribution in [0.2, 0.25) is 0 Å². The van der Waals surface area contributed by atoms with E-state index in [1.54, 1.807) is 25.4 Å². The van der Waals surface area contributed by atoms with Crippen LogP contribution in [-0.4, -0.2) is 17.9 Å². The number of benzene rings is 3. The van der Waals surface area contributed by atoms with E-state index in [4.69, 9.17) is 9.15 Å². The molecule has 4 aromatic rings. The molecule has 0 unspecified atom stereocenters. The highest BCUT2D eigenvalue weighted by atomic mass is 19.1. The number of rotatable bonds is 6. The van der Waals surface area contributed by atoms with Crippen LogP contribution in [0.3, 0.4) is 0 Å². The van der Waals surface area contributed by atoms with Crippen molar-refractivity contribution in [3.05, 3.63) is 95.9 Å². The van der Waals surface area contributed by atoms with Gasteiger partial charge in [-0.05, 0) is 41.5 Å². The average molecular weight is 405 g/mol. The highest BCUT2D eigenvalue weighted by Gasteiger charge is 2.17. The fourth-order valence-electron chi connectivity index (χ4n) is 3.27. The first-order valence-electron chi connectivity index (χ1n) is 9.21. The van der Waals surface area contributed by atoms with Crippen LogP contribution in [0.15, 0.2) is 77.5 Å². The van der Waals surface area contributed by atoms with Crippen molar-refractivity contribution in [2.45, 2.75) is 6.42 Å². The zero-order valence-corrected chi connectivity index (χ0v) is 16.1. The van der Waals surface area contributed by atoms with Crippen LogP contribution < -0.4 is 4.74 Å². The maximum absolute atomic E-state index is 13.8. The van der Waals surface area contributed by atoms with Gasteiger partial charge in [-0.1, -0.05) is 30.3 Å². The Bertz CT molecular complexity index is 1170. The maximum atomic E-state index is 13.8. The van der Waals surface area contributed by atoms with Crippen molar-refractivity contribution in [1.29, 1.82) is 0 Å². The third-order valence-electron chi connectivity index (χ3n) is 4.75. The normalized spacial score (nSPS) is 10.8. The van der Waals surface area contributed by atoms with Crippen LogP contribution in [0.1, 0.15) is 15.9 Å². The molecule has 3 aromatic carbocycles. The van der Waals surface area contributed by atoms with Gasteiger partial charge in [-0.15, -0.1) is 0 Å². The highest BCUT2D eigenvalue weighted by Crippen LogP contribution is 2.34. The van der Waals surface area contributed by atoms with E-state index in [1.165, 1.54) is 12.3 Å². The molecule has 0 aliphatic carbocycles. The van der Waals surface area contributed by atoms with E-state index < -0.39 is 23.0 Å². The van der Waals surface area contributed by atoms with Crippen LogP contribution in [0.5, 0.6) is 5.75 Å². The summed E-state index contributed by atoms with van der Waals surface area (Å²) < 4.78 is 38.5. The van der Waals surface area contributed by atoms with Crippen molar-refractivity contribution in [2.24, 2.45) is 0 Å². The Balaban J connectivity index is 1.61. The van der Waals surface area contributed by atoms with E-state index in [2.05, 4.69) is 4.98 Å². The quantitative estimate of drug-likeness (QED) is 0.385. The summed E-state index contributed by atoms with van der Waals surface area (Å²) in [7, 11) is 1.58. The van der Waals surface area contributed by atoms with Gasteiger partial charge in [0.2, 0.25) is 5.89 Å². The fraction of sp³-hybridized carbons (Fsp3) is 0.0833. The Hall–Kier alpha value is -3.80. The molecule has 0 aliphatic heterocycles. The van der Waals surface area contributed by atoms with Gasteiger partial charge in [-0.3, -0.25) is 4.79 Å². The SMILES string of the molecule is COc1ccc(-c2ncco2)cc1-c1ccc(CC(=O)c2c(F)cccc2F)cc1. The molecule has 0 amide bonds. The molecule has 0 radical (unpaired) electrons. The van der Waals surface area contributed by atoms with Gasteiger partial charge in [-0.25, -0.2) is 13.8 Å². The summed E-state index contributed by atoms with van der Waals surface area (Å²) in [4.78, 5) is 16.5.